The Morgan fingerprint density at radius 1 is 1.12 bits per heavy atom. The molecular weight excluding hydrogens is 340 g/mol. The second-order valence-corrected chi connectivity index (χ2v) is 7.20. The van der Waals surface area contributed by atoms with Gasteiger partial charge in [-0.3, -0.25) is 14.5 Å². The molecule has 1 aromatic carbocycles. The van der Waals surface area contributed by atoms with Crippen molar-refractivity contribution in [2.75, 3.05) is 50.7 Å². The molecule has 2 saturated heterocycles. The summed E-state index contributed by atoms with van der Waals surface area (Å²) in [6, 6.07) is 7.85. The fourth-order valence-corrected chi connectivity index (χ4v) is 3.84. The van der Waals surface area contributed by atoms with E-state index in [1.807, 2.05) is 24.3 Å². The summed E-state index contributed by atoms with van der Waals surface area (Å²) in [4.78, 5) is 30.1. The molecule has 0 aromatic heterocycles. The van der Waals surface area contributed by atoms with Crippen LogP contribution in [0.15, 0.2) is 24.3 Å². The van der Waals surface area contributed by atoms with E-state index >= 15 is 0 Å². The molecule has 3 rings (SSSR count). The number of anilines is 1. The molecule has 7 heteroatoms. The van der Waals surface area contributed by atoms with E-state index in [1.165, 1.54) is 0 Å². The summed E-state index contributed by atoms with van der Waals surface area (Å²) in [5.74, 6) is -0.405. The van der Waals surface area contributed by atoms with Crippen LogP contribution >= 0.6 is 11.6 Å². The van der Waals surface area contributed by atoms with Gasteiger partial charge in [0.05, 0.1) is 23.2 Å². The topological polar surface area (TPSA) is 69.9 Å². The predicted molar refractivity (Wildman–Crippen MR) is 98.6 cm³/mol. The van der Waals surface area contributed by atoms with Crippen molar-refractivity contribution in [2.24, 2.45) is 11.7 Å². The Morgan fingerprint density at radius 3 is 2.52 bits per heavy atom. The number of rotatable bonds is 4. The van der Waals surface area contributed by atoms with Crippen LogP contribution in [0.3, 0.4) is 0 Å². The number of nitrogens with zero attached hydrogens (tertiary/aromatic N) is 3. The summed E-state index contributed by atoms with van der Waals surface area (Å²) >= 11 is 6.27. The normalized spacial score (nSPS) is 22.0. The average molecular weight is 365 g/mol. The number of hydrogen-bond acceptors (Lipinski definition) is 4. The Morgan fingerprint density at radius 2 is 1.84 bits per heavy atom. The van der Waals surface area contributed by atoms with Crippen LogP contribution in [0.5, 0.6) is 0 Å². The molecule has 1 aromatic rings. The molecule has 1 unspecified atom stereocenters. The Bertz CT molecular complexity index is 631. The van der Waals surface area contributed by atoms with Gasteiger partial charge in [-0.05, 0) is 25.0 Å². The molecule has 2 aliphatic heterocycles. The van der Waals surface area contributed by atoms with Gasteiger partial charge in [-0.25, -0.2) is 0 Å². The molecule has 2 amide bonds. The molecule has 2 heterocycles. The van der Waals surface area contributed by atoms with Crippen molar-refractivity contribution in [1.82, 2.24) is 9.80 Å². The number of amides is 2. The zero-order valence-electron chi connectivity index (χ0n) is 14.4. The maximum Gasteiger partial charge on any atom is 0.236 e. The summed E-state index contributed by atoms with van der Waals surface area (Å²) < 4.78 is 0. The van der Waals surface area contributed by atoms with Gasteiger partial charge in [0, 0.05) is 39.3 Å². The lowest BCUT2D eigenvalue weighted by Crippen LogP contribution is -2.52. The first-order chi connectivity index (χ1) is 12.0. The van der Waals surface area contributed by atoms with E-state index in [-0.39, 0.29) is 17.7 Å². The van der Waals surface area contributed by atoms with Crippen LogP contribution in [0.25, 0.3) is 0 Å². The number of primary amides is 1. The van der Waals surface area contributed by atoms with Gasteiger partial charge in [-0.15, -0.1) is 0 Å². The molecule has 6 nitrogen and oxygen atoms in total. The molecule has 2 aliphatic rings. The van der Waals surface area contributed by atoms with Crippen molar-refractivity contribution >= 4 is 29.1 Å². The second-order valence-electron chi connectivity index (χ2n) is 6.80. The minimum atomic E-state index is -0.300. The number of likely N-dealkylation sites (tertiary alicyclic amines) is 1. The molecule has 1 atom stereocenters. The van der Waals surface area contributed by atoms with Gasteiger partial charge >= 0.3 is 0 Å². The highest BCUT2D eigenvalue weighted by Crippen LogP contribution is 2.26. The highest BCUT2D eigenvalue weighted by molar-refractivity contribution is 6.33. The highest BCUT2D eigenvalue weighted by Gasteiger charge is 2.28. The van der Waals surface area contributed by atoms with E-state index in [4.69, 9.17) is 17.3 Å². The van der Waals surface area contributed by atoms with Crippen molar-refractivity contribution in [3.05, 3.63) is 29.3 Å². The largest absolute Gasteiger partial charge is 0.369 e. The number of benzene rings is 1. The SMILES string of the molecule is NC(=O)C1CCCN(C(=O)CN2CCN(c3ccccc3Cl)CC2)C1. The third-order valence-electron chi connectivity index (χ3n) is 5.10. The van der Waals surface area contributed by atoms with Crippen LogP contribution < -0.4 is 10.6 Å². The van der Waals surface area contributed by atoms with Crippen LogP contribution in [0.4, 0.5) is 5.69 Å². The number of carbonyl (C=O) groups is 2. The first kappa shape index (κ1) is 18.0. The van der Waals surface area contributed by atoms with E-state index < -0.39 is 0 Å². The van der Waals surface area contributed by atoms with E-state index in [2.05, 4.69) is 9.80 Å². The van der Waals surface area contributed by atoms with Gasteiger partial charge < -0.3 is 15.5 Å². The number of carbonyl (C=O) groups excluding carboxylic acids is 2. The molecule has 0 spiro atoms. The molecule has 0 radical (unpaired) electrons. The monoisotopic (exact) mass is 364 g/mol. The van der Waals surface area contributed by atoms with Crippen molar-refractivity contribution in [2.45, 2.75) is 12.8 Å². The average Bonchev–Trinajstić information content (AvgIpc) is 2.63. The fourth-order valence-electron chi connectivity index (χ4n) is 3.58. The summed E-state index contributed by atoms with van der Waals surface area (Å²) in [7, 11) is 0. The number of halogens is 1. The number of piperazine rings is 1. The van der Waals surface area contributed by atoms with Gasteiger partial charge in [0.2, 0.25) is 11.8 Å². The van der Waals surface area contributed by atoms with Gasteiger partial charge in [0.1, 0.15) is 0 Å². The molecule has 2 N–H and O–H groups in total. The van der Waals surface area contributed by atoms with Gasteiger partial charge in [-0.2, -0.15) is 0 Å². The molecule has 0 saturated carbocycles. The molecule has 25 heavy (non-hydrogen) atoms. The third kappa shape index (κ3) is 4.44. The summed E-state index contributed by atoms with van der Waals surface area (Å²) in [6.45, 7) is 4.94. The van der Waals surface area contributed by atoms with Crippen LogP contribution in [-0.2, 0) is 9.59 Å². The lowest BCUT2D eigenvalue weighted by molar-refractivity contribution is -0.136. The first-order valence-corrected chi connectivity index (χ1v) is 9.21. The van der Waals surface area contributed by atoms with Crippen molar-refractivity contribution in [3.63, 3.8) is 0 Å². The van der Waals surface area contributed by atoms with E-state index in [0.29, 0.717) is 13.1 Å². The van der Waals surface area contributed by atoms with Crippen LogP contribution in [-0.4, -0.2) is 67.4 Å². The second kappa shape index (κ2) is 8.06. The number of piperidine rings is 1. The third-order valence-corrected chi connectivity index (χ3v) is 5.42. The van der Waals surface area contributed by atoms with Crippen molar-refractivity contribution < 1.29 is 9.59 Å². The van der Waals surface area contributed by atoms with Crippen LogP contribution in [0.1, 0.15) is 12.8 Å². The Labute approximate surface area is 153 Å². The van der Waals surface area contributed by atoms with Gasteiger partial charge in [0.15, 0.2) is 0 Å². The van der Waals surface area contributed by atoms with Crippen molar-refractivity contribution in [1.29, 1.82) is 0 Å². The standard InChI is InChI=1S/C18H25ClN4O2/c19-15-5-1-2-6-16(15)22-10-8-21(9-11-22)13-17(24)23-7-3-4-14(12-23)18(20)25/h1-2,5-6,14H,3-4,7-13H2,(H2,20,25). The summed E-state index contributed by atoms with van der Waals surface area (Å²) in [6.07, 6.45) is 1.63. The maximum absolute atomic E-state index is 12.5. The Hall–Kier alpha value is -1.79. The first-order valence-electron chi connectivity index (χ1n) is 8.83. The van der Waals surface area contributed by atoms with E-state index in [0.717, 1.165) is 56.3 Å². The molecule has 0 bridgehead atoms. The molecular formula is C18H25ClN4O2. The molecule has 136 valence electrons. The smallest absolute Gasteiger partial charge is 0.236 e. The Balaban J connectivity index is 1.49. The predicted octanol–water partition coefficient (Wildman–Crippen LogP) is 1.19. The zero-order chi connectivity index (χ0) is 17.8. The van der Waals surface area contributed by atoms with Crippen molar-refractivity contribution in [3.8, 4) is 0 Å². The maximum atomic E-state index is 12.5. The highest BCUT2D eigenvalue weighted by atomic mass is 35.5. The minimum absolute atomic E-state index is 0.0946. The van der Waals surface area contributed by atoms with Gasteiger partial charge in [0.25, 0.3) is 0 Å². The number of nitrogens with two attached hydrogens (primary N) is 1. The minimum Gasteiger partial charge on any atom is -0.369 e. The van der Waals surface area contributed by atoms with Crippen LogP contribution in [0.2, 0.25) is 5.02 Å². The number of para-hydroxylation sites is 1. The zero-order valence-corrected chi connectivity index (χ0v) is 15.1. The lowest BCUT2D eigenvalue weighted by Gasteiger charge is -2.38. The number of hydrogen-bond donors (Lipinski definition) is 1. The van der Waals surface area contributed by atoms with E-state index in [9.17, 15) is 9.59 Å². The van der Waals surface area contributed by atoms with Crippen LogP contribution in [0, 0.1) is 5.92 Å². The molecule has 2 fully saturated rings. The molecule has 0 aliphatic carbocycles. The summed E-state index contributed by atoms with van der Waals surface area (Å²) in [5.41, 5.74) is 6.44. The summed E-state index contributed by atoms with van der Waals surface area (Å²) in [5, 5.41) is 0.762. The fraction of sp³-hybridized carbons (Fsp3) is 0.556. The van der Waals surface area contributed by atoms with E-state index in [1.54, 1.807) is 4.90 Å². The lowest BCUT2D eigenvalue weighted by atomic mass is 9.97. The van der Waals surface area contributed by atoms with Gasteiger partial charge in [-0.1, -0.05) is 23.7 Å². The Kier molecular flexibility index (Phi) is 5.81. The quantitative estimate of drug-likeness (QED) is 0.871.